The van der Waals surface area contributed by atoms with E-state index in [1.54, 1.807) is 18.3 Å². The number of carbonyl (C=O) groups excluding carboxylic acids is 1. The third kappa shape index (κ3) is 4.79. The largest absolute Gasteiger partial charge is 0.392 e. The lowest BCUT2D eigenvalue weighted by molar-refractivity contribution is -0.123. The third-order valence-electron chi connectivity index (χ3n) is 4.63. The standard InChI is InChI=1S/C20H20FN5O2.ClH/c21-13-5-3-4-12(8-13)18-19(15-6-1-2-7-22-15)26-17(25-18)11-24-20(28)16-9-14(27)10-23-16;/h1-8,14,16,23,27H,9-11H2,(H,24,28)(H,25,26);1H/t14-,16+;/m1./s1. The molecular formula is C20H21ClFN5O2. The molecule has 152 valence electrons. The van der Waals surface area contributed by atoms with E-state index in [0.717, 1.165) is 0 Å². The Morgan fingerprint density at radius 2 is 2.14 bits per heavy atom. The first kappa shape index (κ1) is 20.9. The van der Waals surface area contributed by atoms with Gasteiger partial charge in [-0.15, -0.1) is 12.4 Å². The Balaban J connectivity index is 0.00000240. The van der Waals surface area contributed by atoms with Crippen molar-refractivity contribution in [3.8, 4) is 22.6 Å². The fraction of sp³-hybridized carbons (Fsp3) is 0.250. The molecule has 29 heavy (non-hydrogen) atoms. The summed E-state index contributed by atoms with van der Waals surface area (Å²) in [5.41, 5.74) is 2.52. The van der Waals surface area contributed by atoms with Crippen LogP contribution in [0.25, 0.3) is 22.6 Å². The maximum atomic E-state index is 13.7. The summed E-state index contributed by atoms with van der Waals surface area (Å²) in [5.74, 6) is -0.0142. The van der Waals surface area contributed by atoms with Crippen LogP contribution in [0.5, 0.6) is 0 Å². The molecule has 1 aliphatic heterocycles. The van der Waals surface area contributed by atoms with Crippen molar-refractivity contribution >= 4 is 18.3 Å². The zero-order valence-electron chi connectivity index (χ0n) is 15.4. The van der Waals surface area contributed by atoms with Gasteiger partial charge in [0.1, 0.15) is 11.6 Å². The lowest BCUT2D eigenvalue weighted by Crippen LogP contribution is -2.40. The number of imidazole rings is 1. The number of aromatic nitrogens is 3. The Kier molecular flexibility index (Phi) is 6.58. The van der Waals surface area contributed by atoms with Crippen LogP contribution in [-0.2, 0) is 11.3 Å². The van der Waals surface area contributed by atoms with E-state index in [1.807, 2.05) is 18.2 Å². The van der Waals surface area contributed by atoms with E-state index in [4.69, 9.17) is 0 Å². The molecule has 1 amide bonds. The quantitative estimate of drug-likeness (QED) is 0.508. The normalized spacial score (nSPS) is 18.3. The highest BCUT2D eigenvalue weighted by atomic mass is 35.5. The number of pyridine rings is 1. The van der Waals surface area contributed by atoms with Gasteiger partial charge in [0.2, 0.25) is 5.91 Å². The number of hydrogen-bond donors (Lipinski definition) is 4. The van der Waals surface area contributed by atoms with Crippen LogP contribution in [0, 0.1) is 5.82 Å². The van der Waals surface area contributed by atoms with Gasteiger partial charge in [-0.05, 0) is 30.7 Å². The molecule has 3 aromatic rings. The minimum absolute atomic E-state index is 0. The Bertz CT molecular complexity index is 982. The molecule has 7 nitrogen and oxygen atoms in total. The van der Waals surface area contributed by atoms with Crippen LogP contribution in [0.1, 0.15) is 12.2 Å². The summed E-state index contributed by atoms with van der Waals surface area (Å²) in [7, 11) is 0. The molecule has 9 heteroatoms. The predicted molar refractivity (Wildman–Crippen MR) is 109 cm³/mol. The van der Waals surface area contributed by atoms with Crippen LogP contribution in [0.2, 0.25) is 0 Å². The van der Waals surface area contributed by atoms with E-state index < -0.39 is 12.1 Å². The second-order valence-corrected chi connectivity index (χ2v) is 6.70. The monoisotopic (exact) mass is 417 g/mol. The van der Waals surface area contributed by atoms with Gasteiger partial charge in [0.25, 0.3) is 0 Å². The van der Waals surface area contributed by atoms with E-state index in [0.29, 0.717) is 41.4 Å². The number of amides is 1. The summed E-state index contributed by atoms with van der Waals surface area (Å²) in [6.45, 7) is 0.592. The number of carbonyl (C=O) groups is 1. The van der Waals surface area contributed by atoms with Gasteiger partial charge >= 0.3 is 0 Å². The number of H-pyrrole nitrogens is 1. The molecule has 0 spiro atoms. The van der Waals surface area contributed by atoms with E-state index >= 15 is 0 Å². The van der Waals surface area contributed by atoms with Crippen molar-refractivity contribution < 1.29 is 14.3 Å². The lowest BCUT2D eigenvalue weighted by Gasteiger charge is -2.09. The van der Waals surface area contributed by atoms with Crippen molar-refractivity contribution in [2.45, 2.75) is 25.1 Å². The van der Waals surface area contributed by atoms with Crippen molar-refractivity contribution in [3.63, 3.8) is 0 Å². The van der Waals surface area contributed by atoms with Crippen molar-refractivity contribution in [2.75, 3.05) is 6.54 Å². The summed E-state index contributed by atoms with van der Waals surface area (Å²) in [4.78, 5) is 24.4. The number of aliphatic hydroxyl groups is 1. The predicted octanol–water partition coefficient (Wildman–Crippen LogP) is 2.04. The summed E-state index contributed by atoms with van der Waals surface area (Å²) < 4.78 is 13.7. The van der Waals surface area contributed by atoms with Gasteiger partial charge in [0.05, 0.1) is 35.8 Å². The number of rotatable bonds is 5. The number of hydrogen-bond acceptors (Lipinski definition) is 5. The molecule has 1 aliphatic rings. The van der Waals surface area contributed by atoms with Gasteiger partial charge in [-0.1, -0.05) is 18.2 Å². The number of β-amino-alcohol motifs (C(OH)–C–C–N with tert-alkyl or cyclic N) is 1. The van der Waals surface area contributed by atoms with Gasteiger partial charge in [-0.3, -0.25) is 9.78 Å². The van der Waals surface area contributed by atoms with Gasteiger partial charge in [-0.2, -0.15) is 0 Å². The molecule has 1 aromatic carbocycles. The zero-order chi connectivity index (χ0) is 19.5. The van der Waals surface area contributed by atoms with Crippen molar-refractivity contribution in [1.82, 2.24) is 25.6 Å². The molecule has 0 unspecified atom stereocenters. The van der Waals surface area contributed by atoms with E-state index in [9.17, 15) is 14.3 Å². The molecule has 1 fully saturated rings. The van der Waals surface area contributed by atoms with Gasteiger partial charge in [0.15, 0.2) is 0 Å². The number of nitrogens with one attached hydrogen (secondary N) is 3. The molecule has 0 radical (unpaired) electrons. The highest BCUT2D eigenvalue weighted by Crippen LogP contribution is 2.29. The number of nitrogens with zero attached hydrogens (tertiary/aromatic N) is 2. The molecule has 4 N–H and O–H groups in total. The van der Waals surface area contributed by atoms with Crippen molar-refractivity contribution in [3.05, 3.63) is 60.3 Å². The smallest absolute Gasteiger partial charge is 0.237 e. The van der Waals surface area contributed by atoms with Crippen LogP contribution in [0.3, 0.4) is 0 Å². The summed E-state index contributed by atoms with van der Waals surface area (Å²) in [5, 5.41) is 15.3. The van der Waals surface area contributed by atoms with E-state index in [-0.39, 0.29) is 30.7 Å². The minimum Gasteiger partial charge on any atom is -0.392 e. The molecule has 0 aliphatic carbocycles. The average Bonchev–Trinajstić information content (AvgIpc) is 3.33. The number of halogens is 2. The van der Waals surface area contributed by atoms with Crippen LogP contribution in [0.15, 0.2) is 48.7 Å². The minimum atomic E-state index is -0.505. The topological polar surface area (TPSA) is 103 Å². The fourth-order valence-corrected chi connectivity index (χ4v) is 3.26. The molecule has 2 aromatic heterocycles. The van der Waals surface area contributed by atoms with Crippen LogP contribution in [-0.4, -0.2) is 44.7 Å². The Labute approximate surface area is 173 Å². The highest BCUT2D eigenvalue weighted by molar-refractivity contribution is 5.85. The summed E-state index contributed by atoms with van der Waals surface area (Å²) in [6.07, 6.45) is 1.55. The number of aromatic amines is 1. The van der Waals surface area contributed by atoms with Gasteiger partial charge in [0, 0.05) is 18.3 Å². The first-order valence-corrected chi connectivity index (χ1v) is 9.05. The Morgan fingerprint density at radius 1 is 1.28 bits per heavy atom. The van der Waals surface area contributed by atoms with Gasteiger partial charge < -0.3 is 20.7 Å². The lowest BCUT2D eigenvalue weighted by atomic mass is 10.1. The van der Waals surface area contributed by atoms with E-state index in [2.05, 4.69) is 25.6 Å². The van der Waals surface area contributed by atoms with E-state index in [1.165, 1.54) is 12.1 Å². The molecule has 0 bridgehead atoms. The number of benzene rings is 1. The summed E-state index contributed by atoms with van der Waals surface area (Å²) >= 11 is 0. The molecular weight excluding hydrogens is 397 g/mol. The molecule has 0 saturated carbocycles. The third-order valence-corrected chi connectivity index (χ3v) is 4.63. The second-order valence-electron chi connectivity index (χ2n) is 6.70. The fourth-order valence-electron chi connectivity index (χ4n) is 3.26. The van der Waals surface area contributed by atoms with Crippen molar-refractivity contribution in [2.24, 2.45) is 0 Å². The molecule has 2 atom stereocenters. The summed E-state index contributed by atoms with van der Waals surface area (Å²) in [6, 6.07) is 11.3. The van der Waals surface area contributed by atoms with Crippen molar-refractivity contribution in [1.29, 1.82) is 0 Å². The molecule has 4 rings (SSSR count). The highest BCUT2D eigenvalue weighted by Gasteiger charge is 2.28. The first-order chi connectivity index (χ1) is 13.6. The van der Waals surface area contributed by atoms with Gasteiger partial charge in [-0.25, -0.2) is 9.37 Å². The van der Waals surface area contributed by atoms with Crippen LogP contribution < -0.4 is 10.6 Å². The molecule has 1 saturated heterocycles. The maximum absolute atomic E-state index is 13.7. The second kappa shape index (κ2) is 9.13. The van der Waals surface area contributed by atoms with Crippen LogP contribution >= 0.6 is 12.4 Å². The number of aliphatic hydroxyl groups excluding tert-OH is 1. The zero-order valence-corrected chi connectivity index (χ0v) is 16.2. The Morgan fingerprint density at radius 3 is 2.83 bits per heavy atom. The first-order valence-electron chi connectivity index (χ1n) is 9.05. The average molecular weight is 418 g/mol. The maximum Gasteiger partial charge on any atom is 0.237 e. The molecule has 3 heterocycles. The SMILES string of the molecule is Cl.O=C(NCc1nc(-c2cccc(F)c2)c(-c2ccccn2)[nH]1)[C@@H]1C[C@@H](O)CN1. The Hall–Kier alpha value is -2.81. The van der Waals surface area contributed by atoms with Crippen LogP contribution in [0.4, 0.5) is 4.39 Å².